The van der Waals surface area contributed by atoms with Crippen molar-refractivity contribution >= 4 is 11.6 Å². The van der Waals surface area contributed by atoms with Crippen LogP contribution in [-0.4, -0.2) is 12.6 Å². The molecule has 0 aromatic heterocycles. The maximum atomic E-state index is 6.02. The Kier molecular flexibility index (Phi) is 4.23. The van der Waals surface area contributed by atoms with E-state index in [2.05, 4.69) is 0 Å². The Bertz CT molecular complexity index is 301. The molecular formula is C11H16ClNO. The lowest BCUT2D eigenvalue weighted by atomic mass is 10.2. The molecule has 14 heavy (non-hydrogen) atoms. The molecule has 0 amide bonds. The molecule has 0 saturated heterocycles. The molecular weight excluding hydrogens is 198 g/mol. The zero-order valence-electron chi connectivity index (χ0n) is 8.59. The average molecular weight is 214 g/mol. The van der Waals surface area contributed by atoms with Crippen LogP contribution < -0.4 is 10.5 Å². The fourth-order valence-electron chi connectivity index (χ4n) is 1.21. The third kappa shape index (κ3) is 3.20. The van der Waals surface area contributed by atoms with E-state index in [1.807, 2.05) is 32.0 Å². The molecule has 1 rings (SSSR count). The van der Waals surface area contributed by atoms with Gasteiger partial charge in [0, 0.05) is 0 Å². The maximum Gasteiger partial charge on any atom is 0.138 e. The molecule has 0 aliphatic carbocycles. The molecule has 2 nitrogen and oxygen atoms in total. The van der Waals surface area contributed by atoms with Crippen molar-refractivity contribution in [2.24, 2.45) is 5.73 Å². The number of benzene rings is 1. The zero-order chi connectivity index (χ0) is 10.6. The highest BCUT2D eigenvalue weighted by Crippen LogP contribution is 2.26. The lowest BCUT2D eigenvalue weighted by molar-refractivity contribution is 0.214. The quantitative estimate of drug-likeness (QED) is 0.835. The summed E-state index contributed by atoms with van der Waals surface area (Å²) in [5, 5.41) is 0.661. The van der Waals surface area contributed by atoms with Crippen LogP contribution in [0.4, 0.5) is 0 Å². The molecule has 0 aliphatic rings. The lowest BCUT2D eigenvalue weighted by Gasteiger charge is -2.14. The van der Waals surface area contributed by atoms with E-state index in [0.717, 1.165) is 17.7 Å². The minimum Gasteiger partial charge on any atom is -0.489 e. The van der Waals surface area contributed by atoms with E-state index in [0.29, 0.717) is 11.6 Å². The maximum absolute atomic E-state index is 6.02. The number of nitrogens with two attached hydrogens (primary N) is 1. The highest BCUT2D eigenvalue weighted by Gasteiger charge is 2.06. The van der Waals surface area contributed by atoms with Gasteiger partial charge in [0.1, 0.15) is 5.75 Å². The topological polar surface area (TPSA) is 35.2 Å². The lowest BCUT2D eigenvalue weighted by Crippen LogP contribution is -2.16. The van der Waals surface area contributed by atoms with Gasteiger partial charge in [0.2, 0.25) is 0 Å². The number of hydrogen-bond donors (Lipinski definition) is 1. The molecule has 0 heterocycles. The Hall–Kier alpha value is -0.730. The fourth-order valence-corrected chi connectivity index (χ4v) is 1.49. The first-order chi connectivity index (χ1) is 6.63. The van der Waals surface area contributed by atoms with Gasteiger partial charge in [-0.05, 0) is 44.5 Å². The zero-order valence-corrected chi connectivity index (χ0v) is 9.34. The highest BCUT2D eigenvalue weighted by atomic mass is 35.5. The predicted octanol–water partition coefficient (Wildman–Crippen LogP) is 2.76. The number of aryl methyl sites for hydroxylation is 1. The summed E-state index contributed by atoms with van der Waals surface area (Å²) in [7, 11) is 0. The SMILES string of the molecule is Cc1ccc(OC(C)CCN)c(Cl)c1. The van der Waals surface area contributed by atoms with Gasteiger partial charge in [0.15, 0.2) is 0 Å². The van der Waals surface area contributed by atoms with Crippen LogP contribution in [0, 0.1) is 6.92 Å². The largest absolute Gasteiger partial charge is 0.489 e. The summed E-state index contributed by atoms with van der Waals surface area (Å²) >= 11 is 6.02. The highest BCUT2D eigenvalue weighted by molar-refractivity contribution is 6.32. The van der Waals surface area contributed by atoms with Gasteiger partial charge >= 0.3 is 0 Å². The van der Waals surface area contributed by atoms with Crippen LogP contribution in [0.15, 0.2) is 18.2 Å². The molecule has 0 fully saturated rings. The van der Waals surface area contributed by atoms with E-state index in [-0.39, 0.29) is 6.10 Å². The van der Waals surface area contributed by atoms with Crippen LogP contribution in [0.25, 0.3) is 0 Å². The molecule has 1 unspecified atom stereocenters. The fraction of sp³-hybridized carbons (Fsp3) is 0.455. The van der Waals surface area contributed by atoms with Gasteiger partial charge in [-0.2, -0.15) is 0 Å². The van der Waals surface area contributed by atoms with Crippen LogP contribution in [0.5, 0.6) is 5.75 Å². The normalized spacial score (nSPS) is 12.6. The van der Waals surface area contributed by atoms with Crippen LogP contribution in [0.3, 0.4) is 0 Å². The molecule has 0 radical (unpaired) electrons. The molecule has 0 saturated carbocycles. The number of hydrogen-bond acceptors (Lipinski definition) is 2. The Morgan fingerprint density at radius 3 is 2.79 bits per heavy atom. The van der Waals surface area contributed by atoms with Crippen molar-refractivity contribution < 1.29 is 4.74 Å². The van der Waals surface area contributed by atoms with Crippen molar-refractivity contribution in [3.05, 3.63) is 28.8 Å². The van der Waals surface area contributed by atoms with Crippen molar-refractivity contribution in [2.45, 2.75) is 26.4 Å². The van der Waals surface area contributed by atoms with Gasteiger partial charge < -0.3 is 10.5 Å². The molecule has 2 N–H and O–H groups in total. The number of ether oxygens (including phenoxy) is 1. The first-order valence-corrected chi connectivity index (χ1v) is 5.14. The molecule has 0 bridgehead atoms. The average Bonchev–Trinajstić information content (AvgIpc) is 2.10. The van der Waals surface area contributed by atoms with Gasteiger partial charge in [0.05, 0.1) is 11.1 Å². The van der Waals surface area contributed by atoms with Gasteiger partial charge in [-0.25, -0.2) is 0 Å². The minimum atomic E-state index is 0.111. The van der Waals surface area contributed by atoms with Gasteiger partial charge in [-0.15, -0.1) is 0 Å². The Morgan fingerprint density at radius 2 is 2.21 bits per heavy atom. The molecule has 1 aromatic rings. The Balaban J connectivity index is 2.67. The predicted molar refractivity (Wildman–Crippen MR) is 60.0 cm³/mol. The summed E-state index contributed by atoms with van der Waals surface area (Å²) in [4.78, 5) is 0. The summed E-state index contributed by atoms with van der Waals surface area (Å²) in [6.07, 6.45) is 0.949. The summed E-state index contributed by atoms with van der Waals surface area (Å²) in [5.41, 5.74) is 6.57. The van der Waals surface area contributed by atoms with E-state index < -0.39 is 0 Å². The molecule has 1 aromatic carbocycles. The molecule has 0 spiro atoms. The summed E-state index contributed by atoms with van der Waals surface area (Å²) in [5.74, 6) is 0.734. The number of rotatable bonds is 4. The van der Waals surface area contributed by atoms with Crippen LogP contribution in [0.2, 0.25) is 5.02 Å². The Labute approximate surface area is 90.0 Å². The van der Waals surface area contributed by atoms with E-state index >= 15 is 0 Å². The smallest absolute Gasteiger partial charge is 0.138 e. The van der Waals surface area contributed by atoms with Crippen molar-refractivity contribution in [1.82, 2.24) is 0 Å². The summed E-state index contributed by atoms with van der Waals surface area (Å²) < 4.78 is 5.63. The molecule has 0 aliphatic heterocycles. The minimum absolute atomic E-state index is 0.111. The first-order valence-electron chi connectivity index (χ1n) is 4.76. The van der Waals surface area contributed by atoms with E-state index in [1.165, 1.54) is 0 Å². The van der Waals surface area contributed by atoms with Crippen LogP contribution >= 0.6 is 11.6 Å². The van der Waals surface area contributed by atoms with Gasteiger partial charge in [0.25, 0.3) is 0 Å². The molecule has 3 heteroatoms. The first kappa shape index (κ1) is 11.3. The van der Waals surface area contributed by atoms with Crippen LogP contribution in [0.1, 0.15) is 18.9 Å². The van der Waals surface area contributed by atoms with Crippen molar-refractivity contribution in [3.8, 4) is 5.75 Å². The van der Waals surface area contributed by atoms with Crippen molar-refractivity contribution in [2.75, 3.05) is 6.54 Å². The third-order valence-electron chi connectivity index (χ3n) is 1.99. The van der Waals surface area contributed by atoms with Gasteiger partial charge in [-0.3, -0.25) is 0 Å². The van der Waals surface area contributed by atoms with Gasteiger partial charge in [-0.1, -0.05) is 17.7 Å². The third-order valence-corrected chi connectivity index (χ3v) is 2.28. The standard InChI is InChI=1S/C11H16ClNO/c1-8-3-4-11(10(12)7-8)14-9(2)5-6-13/h3-4,7,9H,5-6,13H2,1-2H3. The van der Waals surface area contributed by atoms with E-state index in [9.17, 15) is 0 Å². The Morgan fingerprint density at radius 1 is 1.50 bits per heavy atom. The second-order valence-electron chi connectivity index (χ2n) is 3.44. The molecule has 78 valence electrons. The van der Waals surface area contributed by atoms with E-state index in [4.69, 9.17) is 22.1 Å². The van der Waals surface area contributed by atoms with Crippen LogP contribution in [-0.2, 0) is 0 Å². The van der Waals surface area contributed by atoms with Crippen molar-refractivity contribution in [3.63, 3.8) is 0 Å². The second-order valence-corrected chi connectivity index (χ2v) is 3.85. The van der Waals surface area contributed by atoms with Crippen molar-refractivity contribution in [1.29, 1.82) is 0 Å². The molecule has 1 atom stereocenters. The summed E-state index contributed by atoms with van der Waals surface area (Å²) in [6, 6.07) is 5.77. The monoisotopic (exact) mass is 213 g/mol. The second kappa shape index (κ2) is 5.23. The van der Waals surface area contributed by atoms with E-state index in [1.54, 1.807) is 0 Å². The summed E-state index contributed by atoms with van der Waals surface area (Å²) in [6.45, 7) is 4.62. The number of halogens is 1.